The number of rotatable bonds is 7. The van der Waals surface area contributed by atoms with E-state index >= 15 is 0 Å². The van der Waals surface area contributed by atoms with Crippen molar-refractivity contribution in [1.29, 1.82) is 5.41 Å². The van der Waals surface area contributed by atoms with Crippen molar-refractivity contribution in [2.45, 2.75) is 32.6 Å². The number of hydrogen-bond acceptors (Lipinski definition) is 4. The maximum absolute atomic E-state index is 11.7. The van der Waals surface area contributed by atoms with Crippen LogP contribution in [0.25, 0.3) is 0 Å². The van der Waals surface area contributed by atoms with Gasteiger partial charge in [0.15, 0.2) is 0 Å². The molecule has 1 amide bonds. The lowest BCUT2D eigenvalue weighted by Crippen LogP contribution is -2.33. The number of sulfonamides is 1. The van der Waals surface area contributed by atoms with Gasteiger partial charge < -0.3 is 5.32 Å². The van der Waals surface area contributed by atoms with Gasteiger partial charge in [0.05, 0.1) is 6.26 Å². The molecule has 1 rings (SSSR count). The van der Waals surface area contributed by atoms with Crippen molar-refractivity contribution in [3.63, 3.8) is 0 Å². The minimum absolute atomic E-state index is 0.0208. The molecule has 0 fully saturated rings. The molecule has 1 heterocycles. The molecule has 21 heavy (non-hydrogen) atoms. The first-order valence-electron chi connectivity index (χ1n) is 7.01. The highest BCUT2D eigenvalue weighted by Crippen LogP contribution is 2.26. The van der Waals surface area contributed by atoms with Crippen LogP contribution in [0, 0.1) is 11.3 Å². The number of carbonyl (C=O) groups is 1. The van der Waals surface area contributed by atoms with Crippen molar-refractivity contribution >= 4 is 22.3 Å². The molecule has 0 bridgehead atoms. The molecule has 0 spiro atoms. The standard InChI is InChI=1S/C14H23N3O3S/c1-3-4-5-12-8-13(6-7-14(15)16-11-18)10-17(9-12)21(2,19)20/h6-7,10-12H,3-5,8-9H2,1-2H3,(H2,15,16,18)/b7-6-/t12-/m1/s1. The van der Waals surface area contributed by atoms with E-state index in [-0.39, 0.29) is 11.8 Å². The van der Waals surface area contributed by atoms with Crippen LogP contribution in [-0.2, 0) is 14.8 Å². The van der Waals surface area contributed by atoms with Crippen LogP contribution in [0.3, 0.4) is 0 Å². The molecule has 1 atom stereocenters. The van der Waals surface area contributed by atoms with E-state index in [9.17, 15) is 13.2 Å². The van der Waals surface area contributed by atoms with E-state index in [1.54, 1.807) is 12.3 Å². The van der Waals surface area contributed by atoms with Crippen LogP contribution in [0.1, 0.15) is 32.6 Å². The Kier molecular flexibility index (Phi) is 6.61. The van der Waals surface area contributed by atoms with E-state index in [1.165, 1.54) is 16.6 Å². The number of unbranched alkanes of at least 4 members (excludes halogenated alkanes) is 1. The summed E-state index contributed by atoms with van der Waals surface area (Å²) in [7, 11) is -3.27. The summed E-state index contributed by atoms with van der Waals surface area (Å²) in [5.41, 5.74) is 0.852. The van der Waals surface area contributed by atoms with Gasteiger partial charge in [-0.2, -0.15) is 0 Å². The third kappa shape index (κ3) is 6.12. The molecule has 0 aromatic carbocycles. The predicted octanol–water partition coefficient (Wildman–Crippen LogP) is 1.62. The second kappa shape index (κ2) is 7.97. The topological polar surface area (TPSA) is 90.3 Å². The minimum Gasteiger partial charge on any atom is -0.314 e. The lowest BCUT2D eigenvalue weighted by Gasteiger charge is -2.30. The Bertz CT molecular complexity index is 538. The molecule has 1 aliphatic rings. The third-order valence-corrected chi connectivity index (χ3v) is 4.45. The molecule has 0 aliphatic carbocycles. The van der Waals surface area contributed by atoms with Crippen molar-refractivity contribution in [3.8, 4) is 0 Å². The van der Waals surface area contributed by atoms with E-state index in [2.05, 4.69) is 12.2 Å². The van der Waals surface area contributed by atoms with Crippen LogP contribution in [-0.4, -0.2) is 37.8 Å². The van der Waals surface area contributed by atoms with Crippen molar-refractivity contribution in [2.24, 2.45) is 5.92 Å². The Hall–Kier alpha value is -1.63. The van der Waals surface area contributed by atoms with Crippen LogP contribution in [0.2, 0.25) is 0 Å². The average molecular weight is 313 g/mol. The third-order valence-electron chi connectivity index (χ3n) is 3.34. The SMILES string of the molecule is CCCC[C@@H]1CC(/C=C\C(=N)NC=O)=CN(S(C)(=O)=O)C1. The summed E-state index contributed by atoms with van der Waals surface area (Å²) < 4.78 is 24.9. The highest BCUT2D eigenvalue weighted by atomic mass is 32.2. The summed E-state index contributed by atoms with van der Waals surface area (Å²) in [6.07, 6.45) is 10.3. The average Bonchev–Trinajstić information content (AvgIpc) is 2.42. The van der Waals surface area contributed by atoms with Crippen molar-refractivity contribution in [3.05, 3.63) is 23.9 Å². The zero-order chi connectivity index (χ0) is 15.9. The normalized spacial score (nSPS) is 19.4. The summed E-state index contributed by atoms with van der Waals surface area (Å²) in [4.78, 5) is 10.2. The number of carbonyl (C=O) groups excluding carboxylic acids is 1. The minimum atomic E-state index is -3.27. The summed E-state index contributed by atoms with van der Waals surface area (Å²) >= 11 is 0. The van der Waals surface area contributed by atoms with Crippen LogP contribution >= 0.6 is 0 Å². The van der Waals surface area contributed by atoms with Gasteiger partial charge in [0, 0.05) is 12.7 Å². The molecule has 7 heteroatoms. The monoisotopic (exact) mass is 313 g/mol. The number of nitrogens with one attached hydrogen (secondary N) is 2. The van der Waals surface area contributed by atoms with Gasteiger partial charge in [-0.1, -0.05) is 25.8 Å². The summed E-state index contributed by atoms with van der Waals surface area (Å²) in [6, 6.07) is 0. The quantitative estimate of drug-likeness (QED) is 0.425. The van der Waals surface area contributed by atoms with Crippen molar-refractivity contribution in [2.75, 3.05) is 12.8 Å². The first-order valence-corrected chi connectivity index (χ1v) is 8.86. The maximum Gasteiger partial charge on any atom is 0.231 e. The Morgan fingerprint density at radius 3 is 2.86 bits per heavy atom. The van der Waals surface area contributed by atoms with E-state index in [1.807, 2.05) is 0 Å². The summed E-state index contributed by atoms with van der Waals surface area (Å²) in [5.74, 6) is 0.269. The van der Waals surface area contributed by atoms with Gasteiger partial charge in [-0.3, -0.25) is 14.5 Å². The molecule has 0 aromatic heterocycles. The Labute approximate surface area is 126 Å². The fourth-order valence-corrected chi connectivity index (χ4v) is 3.08. The Balaban J connectivity index is 2.85. The largest absolute Gasteiger partial charge is 0.314 e. The van der Waals surface area contributed by atoms with Crippen LogP contribution in [0.4, 0.5) is 0 Å². The van der Waals surface area contributed by atoms with E-state index < -0.39 is 10.0 Å². The second-order valence-electron chi connectivity index (χ2n) is 5.26. The van der Waals surface area contributed by atoms with Gasteiger partial charge in [-0.25, -0.2) is 8.42 Å². The van der Waals surface area contributed by atoms with E-state index in [0.29, 0.717) is 13.0 Å². The van der Waals surface area contributed by atoms with Gasteiger partial charge >= 0.3 is 0 Å². The molecule has 2 N–H and O–H groups in total. The lowest BCUT2D eigenvalue weighted by molar-refractivity contribution is -0.108. The fourth-order valence-electron chi connectivity index (χ4n) is 2.27. The number of hydrogen-bond donors (Lipinski definition) is 2. The number of amidine groups is 1. The Morgan fingerprint density at radius 2 is 2.29 bits per heavy atom. The van der Waals surface area contributed by atoms with Crippen molar-refractivity contribution in [1.82, 2.24) is 9.62 Å². The zero-order valence-corrected chi connectivity index (χ0v) is 13.3. The molecule has 0 aromatic rings. The highest BCUT2D eigenvalue weighted by molar-refractivity contribution is 7.88. The van der Waals surface area contributed by atoms with E-state index in [0.717, 1.165) is 31.3 Å². The molecular weight excluding hydrogens is 290 g/mol. The molecule has 0 saturated heterocycles. The van der Waals surface area contributed by atoms with E-state index in [4.69, 9.17) is 5.41 Å². The molecule has 0 saturated carbocycles. The molecule has 0 radical (unpaired) electrons. The first-order chi connectivity index (χ1) is 9.86. The van der Waals surface area contributed by atoms with Gasteiger partial charge in [0.25, 0.3) is 0 Å². The van der Waals surface area contributed by atoms with Gasteiger partial charge in [-0.15, -0.1) is 0 Å². The fraction of sp³-hybridized carbons (Fsp3) is 0.571. The lowest BCUT2D eigenvalue weighted by atomic mass is 9.92. The first kappa shape index (κ1) is 17.4. The highest BCUT2D eigenvalue weighted by Gasteiger charge is 2.24. The maximum atomic E-state index is 11.7. The summed E-state index contributed by atoms with van der Waals surface area (Å²) in [6.45, 7) is 2.63. The van der Waals surface area contributed by atoms with Crippen LogP contribution in [0.5, 0.6) is 0 Å². The molecular formula is C14H23N3O3S. The molecule has 1 aliphatic heterocycles. The Morgan fingerprint density at radius 1 is 1.57 bits per heavy atom. The molecule has 0 unspecified atom stereocenters. The van der Waals surface area contributed by atoms with Gasteiger partial charge in [-0.05, 0) is 30.4 Å². The summed E-state index contributed by atoms with van der Waals surface area (Å²) in [5, 5.41) is 9.68. The molecule has 6 nitrogen and oxygen atoms in total. The number of amides is 1. The van der Waals surface area contributed by atoms with Crippen molar-refractivity contribution < 1.29 is 13.2 Å². The van der Waals surface area contributed by atoms with Crippen LogP contribution in [0.15, 0.2) is 23.9 Å². The van der Waals surface area contributed by atoms with Gasteiger partial charge in [0.2, 0.25) is 16.4 Å². The second-order valence-corrected chi connectivity index (χ2v) is 7.19. The smallest absolute Gasteiger partial charge is 0.231 e. The van der Waals surface area contributed by atoms with Crippen LogP contribution < -0.4 is 5.32 Å². The zero-order valence-electron chi connectivity index (χ0n) is 12.5. The molecule has 118 valence electrons. The number of nitrogens with zero attached hydrogens (tertiary/aromatic N) is 1. The van der Waals surface area contributed by atoms with Gasteiger partial charge in [0.1, 0.15) is 5.84 Å². The predicted molar refractivity (Wildman–Crippen MR) is 83.3 cm³/mol. The number of allylic oxidation sites excluding steroid dienone is 2.